The summed E-state index contributed by atoms with van der Waals surface area (Å²) in [5.74, 6) is 2.81. The molecule has 3 rings (SSSR count). The monoisotopic (exact) mass is 403 g/mol. The molecule has 9 heteroatoms. The summed E-state index contributed by atoms with van der Waals surface area (Å²) in [6.45, 7) is 2.62. The van der Waals surface area contributed by atoms with Crippen LogP contribution in [-0.2, 0) is 18.3 Å². The smallest absolute Gasteiger partial charge is 0.194 e. The number of hydrogen-bond donors (Lipinski definition) is 1. The van der Waals surface area contributed by atoms with Crippen LogP contribution in [0.3, 0.4) is 0 Å². The third kappa shape index (κ3) is 4.73. The van der Waals surface area contributed by atoms with Gasteiger partial charge < -0.3 is 29.2 Å². The summed E-state index contributed by atoms with van der Waals surface area (Å²) >= 11 is 0. The SMILES string of the molecule is CN=C(NCc1cc(OC)c(OC)cc1OC)N1CCOC(c2cnn(C)c2)C1. The van der Waals surface area contributed by atoms with E-state index in [0.29, 0.717) is 31.2 Å². The minimum atomic E-state index is -0.0355. The quantitative estimate of drug-likeness (QED) is 0.579. The maximum absolute atomic E-state index is 5.93. The molecule has 1 unspecified atom stereocenters. The molecule has 1 aromatic heterocycles. The Morgan fingerprint density at radius 1 is 1.21 bits per heavy atom. The molecule has 2 aromatic rings. The van der Waals surface area contributed by atoms with Gasteiger partial charge in [-0.05, 0) is 6.07 Å². The van der Waals surface area contributed by atoms with E-state index in [1.807, 2.05) is 31.6 Å². The average molecular weight is 403 g/mol. The minimum Gasteiger partial charge on any atom is -0.496 e. The number of benzene rings is 1. The number of aromatic nitrogens is 2. The van der Waals surface area contributed by atoms with Gasteiger partial charge in [-0.2, -0.15) is 5.10 Å². The van der Waals surface area contributed by atoms with Crippen molar-refractivity contribution in [3.8, 4) is 17.2 Å². The molecular formula is C20H29N5O4. The number of guanidine groups is 1. The van der Waals surface area contributed by atoms with Gasteiger partial charge in [0.1, 0.15) is 11.9 Å². The zero-order valence-electron chi connectivity index (χ0n) is 17.6. The van der Waals surface area contributed by atoms with Crippen LogP contribution in [0.1, 0.15) is 17.2 Å². The maximum atomic E-state index is 5.93. The lowest BCUT2D eigenvalue weighted by Gasteiger charge is -2.34. The Hall–Kier alpha value is -2.94. The van der Waals surface area contributed by atoms with Crippen molar-refractivity contribution >= 4 is 5.96 Å². The summed E-state index contributed by atoms with van der Waals surface area (Å²) in [6, 6.07) is 3.74. The number of nitrogens with zero attached hydrogens (tertiary/aromatic N) is 4. The van der Waals surface area contributed by atoms with E-state index in [2.05, 4.69) is 20.3 Å². The summed E-state index contributed by atoms with van der Waals surface area (Å²) in [4.78, 5) is 6.64. The highest BCUT2D eigenvalue weighted by Crippen LogP contribution is 2.34. The molecule has 29 heavy (non-hydrogen) atoms. The summed E-state index contributed by atoms with van der Waals surface area (Å²) in [5, 5.41) is 7.66. The zero-order valence-corrected chi connectivity index (χ0v) is 17.6. The first kappa shape index (κ1) is 20.8. The van der Waals surface area contributed by atoms with Gasteiger partial charge in [0.2, 0.25) is 0 Å². The molecule has 1 aliphatic rings. The highest BCUT2D eigenvalue weighted by atomic mass is 16.5. The van der Waals surface area contributed by atoms with Crippen molar-refractivity contribution < 1.29 is 18.9 Å². The Labute approximate surface area is 171 Å². The van der Waals surface area contributed by atoms with Crippen LogP contribution >= 0.6 is 0 Å². The minimum absolute atomic E-state index is 0.0355. The molecule has 0 spiro atoms. The predicted molar refractivity (Wildman–Crippen MR) is 110 cm³/mol. The summed E-state index contributed by atoms with van der Waals surface area (Å²) < 4.78 is 24.0. The van der Waals surface area contributed by atoms with Crippen molar-refractivity contribution in [3.63, 3.8) is 0 Å². The van der Waals surface area contributed by atoms with Crippen LogP contribution < -0.4 is 19.5 Å². The number of nitrogens with one attached hydrogen (secondary N) is 1. The second-order valence-electron chi connectivity index (χ2n) is 6.67. The molecule has 1 fully saturated rings. The highest BCUT2D eigenvalue weighted by Gasteiger charge is 2.25. The maximum Gasteiger partial charge on any atom is 0.194 e. The predicted octanol–water partition coefficient (Wildman–Crippen LogP) is 1.59. The second-order valence-corrected chi connectivity index (χ2v) is 6.67. The van der Waals surface area contributed by atoms with E-state index in [1.54, 1.807) is 33.1 Å². The van der Waals surface area contributed by atoms with Crippen LogP contribution in [0.5, 0.6) is 17.2 Å². The second kappa shape index (κ2) is 9.51. The molecule has 158 valence electrons. The first-order valence-electron chi connectivity index (χ1n) is 9.44. The van der Waals surface area contributed by atoms with Crippen molar-refractivity contribution in [2.24, 2.45) is 12.0 Å². The van der Waals surface area contributed by atoms with Crippen LogP contribution in [0.15, 0.2) is 29.5 Å². The van der Waals surface area contributed by atoms with E-state index in [4.69, 9.17) is 18.9 Å². The van der Waals surface area contributed by atoms with E-state index in [9.17, 15) is 0 Å². The fourth-order valence-electron chi connectivity index (χ4n) is 3.39. The van der Waals surface area contributed by atoms with Gasteiger partial charge in [0.15, 0.2) is 17.5 Å². The Morgan fingerprint density at radius 3 is 2.55 bits per heavy atom. The van der Waals surface area contributed by atoms with Gasteiger partial charge >= 0.3 is 0 Å². The Kier molecular flexibility index (Phi) is 6.82. The fraction of sp³-hybridized carbons (Fsp3) is 0.500. The molecule has 0 saturated carbocycles. The largest absolute Gasteiger partial charge is 0.496 e. The van der Waals surface area contributed by atoms with E-state index in [-0.39, 0.29) is 6.10 Å². The lowest BCUT2D eigenvalue weighted by atomic mass is 10.1. The van der Waals surface area contributed by atoms with Crippen LogP contribution in [0.25, 0.3) is 0 Å². The van der Waals surface area contributed by atoms with Crippen molar-refractivity contribution in [2.45, 2.75) is 12.6 Å². The Balaban J connectivity index is 1.70. The summed E-state index contributed by atoms with van der Waals surface area (Å²) in [5.41, 5.74) is 2.01. The molecule has 1 aliphatic heterocycles. The number of methoxy groups -OCH3 is 3. The van der Waals surface area contributed by atoms with Gasteiger partial charge in [-0.1, -0.05) is 0 Å². The fourth-order valence-corrected chi connectivity index (χ4v) is 3.39. The molecule has 1 saturated heterocycles. The molecule has 0 aliphatic carbocycles. The molecule has 1 N–H and O–H groups in total. The van der Waals surface area contributed by atoms with Gasteiger partial charge in [-0.25, -0.2) is 0 Å². The van der Waals surface area contributed by atoms with E-state index >= 15 is 0 Å². The molecule has 9 nitrogen and oxygen atoms in total. The number of aryl methyl sites for hydroxylation is 1. The topological polar surface area (TPSA) is 82.4 Å². The van der Waals surface area contributed by atoms with E-state index in [1.165, 1.54) is 0 Å². The van der Waals surface area contributed by atoms with Gasteiger partial charge in [-0.3, -0.25) is 9.67 Å². The van der Waals surface area contributed by atoms with Gasteiger partial charge in [-0.15, -0.1) is 0 Å². The molecule has 2 heterocycles. The zero-order chi connectivity index (χ0) is 20.8. The lowest BCUT2D eigenvalue weighted by molar-refractivity contribution is -0.00805. The van der Waals surface area contributed by atoms with Crippen molar-refractivity contribution in [1.29, 1.82) is 0 Å². The summed E-state index contributed by atoms with van der Waals surface area (Å²) in [7, 11) is 8.55. The molecule has 1 aromatic carbocycles. The summed E-state index contributed by atoms with van der Waals surface area (Å²) in [6.07, 6.45) is 3.80. The molecule has 0 radical (unpaired) electrons. The first-order valence-corrected chi connectivity index (χ1v) is 9.44. The van der Waals surface area contributed by atoms with E-state index in [0.717, 1.165) is 29.4 Å². The van der Waals surface area contributed by atoms with Crippen LogP contribution in [0.2, 0.25) is 0 Å². The van der Waals surface area contributed by atoms with Crippen molar-refractivity contribution in [2.75, 3.05) is 48.1 Å². The van der Waals surface area contributed by atoms with Crippen molar-refractivity contribution in [1.82, 2.24) is 20.0 Å². The van der Waals surface area contributed by atoms with Crippen LogP contribution in [-0.4, -0.2) is 68.7 Å². The standard InChI is InChI=1S/C20H29N5O4/c1-21-20(25-6-7-29-19(13-25)15-11-23-24(2)12-15)22-10-14-8-17(27-4)18(28-5)9-16(14)26-3/h8-9,11-12,19H,6-7,10,13H2,1-5H3,(H,21,22). The van der Waals surface area contributed by atoms with Crippen LogP contribution in [0.4, 0.5) is 0 Å². The Morgan fingerprint density at radius 2 is 1.93 bits per heavy atom. The third-order valence-electron chi connectivity index (χ3n) is 4.90. The lowest BCUT2D eigenvalue weighted by Crippen LogP contribution is -2.47. The third-order valence-corrected chi connectivity index (χ3v) is 4.90. The number of aliphatic imine (C=N–C) groups is 1. The molecular weight excluding hydrogens is 374 g/mol. The number of morpholine rings is 1. The van der Waals surface area contributed by atoms with E-state index < -0.39 is 0 Å². The highest BCUT2D eigenvalue weighted by molar-refractivity contribution is 5.80. The number of ether oxygens (including phenoxy) is 4. The number of rotatable bonds is 6. The first-order chi connectivity index (χ1) is 14.1. The van der Waals surface area contributed by atoms with Crippen LogP contribution in [0, 0.1) is 0 Å². The van der Waals surface area contributed by atoms with Gasteiger partial charge in [0.25, 0.3) is 0 Å². The number of hydrogen-bond acceptors (Lipinski definition) is 6. The molecule has 1 atom stereocenters. The van der Waals surface area contributed by atoms with Gasteiger partial charge in [0.05, 0.1) is 40.7 Å². The van der Waals surface area contributed by atoms with Crippen molar-refractivity contribution in [3.05, 3.63) is 35.7 Å². The Bertz CT molecular complexity index is 851. The van der Waals surface area contributed by atoms with Gasteiger partial charge in [0, 0.05) is 50.6 Å². The molecule has 0 amide bonds. The molecule has 0 bridgehead atoms. The normalized spacial score (nSPS) is 17.2. The average Bonchev–Trinajstić information content (AvgIpc) is 3.20.